The molecule has 1 amide bonds. The quantitative estimate of drug-likeness (QED) is 0.810. The van der Waals surface area contributed by atoms with Gasteiger partial charge in [0.05, 0.1) is 18.1 Å². The van der Waals surface area contributed by atoms with Crippen LogP contribution in [0.1, 0.15) is 16.4 Å². The fraction of sp³-hybridized carbons (Fsp3) is 0.318. The molecule has 0 unspecified atom stereocenters. The molecule has 0 bridgehead atoms. The average Bonchev–Trinajstić information content (AvgIpc) is 2.84. The molecule has 0 aromatic heterocycles. The standard InChI is InChI=1S/C22H26N2O3S/c1-23(2)13-14-24-19(16-7-5-4-6-8-16)15-28-21(20(25)22(24)26)17-9-11-18(27-3)12-10-17/h4-12,15,20-21,25H,13-14H2,1-3H3/t20-,21-/m1/s1. The number of likely N-dealkylation sites (N-methyl/N-ethyl adjacent to an activating group) is 1. The van der Waals surface area contributed by atoms with Crippen molar-refractivity contribution in [3.8, 4) is 5.75 Å². The average molecular weight is 399 g/mol. The van der Waals surface area contributed by atoms with Crippen LogP contribution in [0.2, 0.25) is 0 Å². The molecule has 0 aliphatic carbocycles. The molecule has 1 aliphatic rings. The van der Waals surface area contributed by atoms with E-state index in [1.807, 2.05) is 79.0 Å². The Labute approximate surface area is 170 Å². The zero-order chi connectivity index (χ0) is 20.1. The maximum atomic E-state index is 13.2. The molecule has 3 rings (SSSR count). The molecule has 0 saturated carbocycles. The smallest absolute Gasteiger partial charge is 0.257 e. The summed E-state index contributed by atoms with van der Waals surface area (Å²) in [6.07, 6.45) is -1.13. The van der Waals surface area contributed by atoms with Crippen molar-refractivity contribution in [2.75, 3.05) is 34.3 Å². The molecule has 0 fully saturated rings. The molecule has 0 radical (unpaired) electrons. The van der Waals surface area contributed by atoms with Gasteiger partial charge in [-0.3, -0.25) is 4.79 Å². The number of amides is 1. The Kier molecular flexibility index (Phi) is 6.78. The summed E-state index contributed by atoms with van der Waals surface area (Å²) in [6, 6.07) is 17.3. The second-order valence-electron chi connectivity index (χ2n) is 6.94. The molecule has 2 atom stereocenters. The molecule has 1 aliphatic heterocycles. The van der Waals surface area contributed by atoms with Crippen molar-refractivity contribution in [2.45, 2.75) is 11.4 Å². The molecule has 6 heteroatoms. The number of hydrogen-bond donors (Lipinski definition) is 1. The van der Waals surface area contributed by atoms with E-state index in [4.69, 9.17) is 4.74 Å². The summed E-state index contributed by atoms with van der Waals surface area (Å²) >= 11 is 1.47. The molecule has 148 valence electrons. The Morgan fingerprint density at radius 2 is 1.79 bits per heavy atom. The highest BCUT2D eigenvalue weighted by Crippen LogP contribution is 2.40. The molecular formula is C22H26N2O3S. The van der Waals surface area contributed by atoms with E-state index in [0.29, 0.717) is 13.1 Å². The Morgan fingerprint density at radius 1 is 1.11 bits per heavy atom. The van der Waals surface area contributed by atoms with Crippen molar-refractivity contribution in [2.24, 2.45) is 0 Å². The van der Waals surface area contributed by atoms with E-state index < -0.39 is 6.10 Å². The van der Waals surface area contributed by atoms with E-state index in [1.54, 1.807) is 12.0 Å². The van der Waals surface area contributed by atoms with Gasteiger partial charge >= 0.3 is 0 Å². The van der Waals surface area contributed by atoms with Gasteiger partial charge in [-0.2, -0.15) is 0 Å². The monoisotopic (exact) mass is 398 g/mol. The summed E-state index contributed by atoms with van der Waals surface area (Å²) in [5.41, 5.74) is 2.68. The van der Waals surface area contributed by atoms with E-state index in [9.17, 15) is 9.90 Å². The first kappa shape index (κ1) is 20.5. The van der Waals surface area contributed by atoms with Crippen molar-refractivity contribution < 1.29 is 14.6 Å². The van der Waals surface area contributed by atoms with Gasteiger partial charge in [0, 0.05) is 13.1 Å². The molecule has 5 nitrogen and oxygen atoms in total. The number of rotatable bonds is 6. The Hall–Kier alpha value is -2.28. The van der Waals surface area contributed by atoms with Gasteiger partial charge in [0.1, 0.15) is 11.9 Å². The summed E-state index contributed by atoms with van der Waals surface area (Å²) in [6.45, 7) is 1.22. The summed E-state index contributed by atoms with van der Waals surface area (Å²) in [7, 11) is 5.56. The Bertz CT molecular complexity index is 821. The summed E-state index contributed by atoms with van der Waals surface area (Å²) in [4.78, 5) is 17.0. The predicted molar refractivity (Wildman–Crippen MR) is 114 cm³/mol. The first-order valence-corrected chi connectivity index (χ1v) is 10.1. The van der Waals surface area contributed by atoms with E-state index in [1.165, 1.54) is 11.8 Å². The number of thioether (sulfide) groups is 1. The minimum Gasteiger partial charge on any atom is -0.497 e. The van der Waals surface area contributed by atoms with Gasteiger partial charge in [-0.25, -0.2) is 0 Å². The lowest BCUT2D eigenvalue weighted by Crippen LogP contribution is -2.42. The molecule has 1 N–H and O–H groups in total. The number of nitrogens with zero attached hydrogens (tertiary/aromatic N) is 2. The number of benzene rings is 2. The van der Waals surface area contributed by atoms with Gasteiger partial charge < -0.3 is 19.6 Å². The third-order valence-electron chi connectivity index (χ3n) is 4.71. The number of ether oxygens (including phenoxy) is 1. The molecule has 0 spiro atoms. The molecular weight excluding hydrogens is 372 g/mol. The van der Waals surface area contributed by atoms with Gasteiger partial charge in [-0.1, -0.05) is 42.5 Å². The Morgan fingerprint density at radius 3 is 2.39 bits per heavy atom. The van der Waals surface area contributed by atoms with Crippen LogP contribution >= 0.6 is 11.8 Å². The SMILES string of the molecule is COc1ccc([C@H]2SC=C(c3ccccc3)N(CCN(C)C)C(=O)[C@@H]2O)cc1. The van der Waals surface area contributed by atoms with E-state index in [2.05, 4.69) is 0 Å². The minimum atomic E-state index is -1.13. The maximum absolute atomic E-state index is 13.2. The van der Waals surface area contributed by atoms with Crippen molar-refractivity contribution >= 4 is 23.4 Å². The minimum absolute atomic E-state index is 0.275. The summed E-state index contributed by atoms with van der Waals surface area (Å²) in [5, 5.41) is 12.5. The first-order chi connectivity index (χ1) is 13.5. The highest BCUT2D eigenvalue weighted by molar-refractivity contribution is 8.02. The van der Waals surface area contributed by atoms with E-state index in [-0.39, 0.29) is 11.2 Å². The molecule has 1 heterocycles. The van der Waals surface area contributed by atoms with Crippen molar-refractivity contribution in [1.82, 2.24) is 9.80 Å². The number of carbonyl (C=O) groups excluding carboxylic acids is 1. The maximum Gasteiger partial charge on any atom is 0.257 e. The highest BCUT2D eigenvalue weighted by Gasteiger charge is 2.35. The van der Waals surface area contributed by atoms with Crippen LogP contribution in [0.4, 0.5) is 0 Å². The Balaban J connectivity index is 1.96. The van der Waals surface area contributed by atoms with Crippen LogP contribution in [0, 0.1) is 0 Å². The number of carbonyl (C=O) groups is 1. The molecule has 2 aromatic rings. The topological polar surface area (TPSA) is 53.0 Å². The van der Waals surface area contributed by atoms with Crippen LogP contribution in [0.3, 0.4) is 0 Å². The van der Waals surface area contributed by atoms with Gasteiger partial charge in [-0.15, -0.1) is 11.8 Å². The first-order valence-electron chi connectivity index (χ1n) is 9.20. The van der Waals surface area contributed by atoms with Crippen molar-refractivity contribution in [3.63, 3.8) is 0 Å². The normalized spacial score (nSPS) is 20.1. The number of aliphatic hydroxyl groups excluding tert-OH is 1. The fourth-order valence-electron chi connectivity index (χ4n) is 3.10. The largest absolute Gasteiger partial charge is 0.497 e. The number of methoxy groups -OCH3 is 1. The second-order valence-corrected chi connectivity index (χ2v) is 7.95. The second kappa shape index (κ2) is 9.28. The third kappa shape index (κ3) is 4.58. The van der Waals surface area contributed by atoms with Crippen molar-refractivity contribution in [1.29, 1.82) is 0 Å². The van der Waals surface area contributed by atoms with E-state index >= 15 is 0 Å². The third-order valence-corrected chi connectivity index (χ3v) is 5.89. The molecule has 0 saturated heterocycles. The van der Waals surface area contributed by atoms with Crippen molar-refractivity contribution in [3.05, 3.63) is 71.1 Å². The lowest BCUT2D eigenvalue weighted by molar-refractivity contribution is -0.136. The zero-order valence-corrected chi connectivity index (χ0v) is 17.2. The lowest BCUT2D eigenvalue weighted by Gasteiger charge is -2.28. The zero-order valence-electron chi connectivity index (χ0n) is 16.4. The highest BCUT2D eigenvalue weighted by atomic mass is 32.2. The van der Waals surface area contributed by atoms with Crippen LogP contribution in [-0.4, -0.2) is 61.2 Å². The fourth-order valence-corrected chi connectivity index (χ4v) is 4.22. The predicted octanol–water partition coefficient (Wildman–Crippen LogP) is 3.23. The van der Waals surface area contributed by atoms with Crippen LogP contribution < -0.4 is 4.74 Å². The molecule has 2 aromatic carbocycles. The summed E-state index contributed by atoms with van der Waals surface area (Å²) < 4.78 is 5.21. The number of aliphatic hydroxyl groups is 1. The van der Waals surface area contributed by atoms with Crippen LogP contribution in [-0.2, 0) is 4.79 Å². The lowest BCUT2D eigenvalue weighted by atomic mass is 10.0. The number of hydrogen-bond acceptors (Lipinski definition) is 5. The van der Waals surface area contributed by atoms with E-state index in [0.717, 1.165) is 22.6 Å². The van der Waals surface area contributed by atoms with Gasteiger partial charge in [-0.05, 0) is 42.8 Å². The van der Waals surface area contributed by atoms with Crippen LogP contribution in [0.15, 0.2) is 60.0 Å². The van der Waals surface area contributed by atoms with Gasteiger partial charge in [0.2, 0.25) is 0 Å². The van der Waals surface area contributed by atoms with Gasteiger partial charge in [0.25, 0.3) is 5.91 Å². The molecule has 28 heavy (non-hydrogen) atoms. The van der Waals surface area contributed by atoms with Crippen LogP contribution in [0.5, 0.6) is 5.75 Å². The van der Waals surface area contributed by atoms with Gasteiger partial charge in [0.15, 0.2) is 0 Å². The summed E-state index contributed by atoms with van der Waals surface area (Å²) in [5.74, 6) is 0.471. The van der Waals surface area contributed by atoms with Crippen LogP contribution in [0.25, 0.3) is 5.70 Å².